The number of nitrogens with zero attached hydrogens (tertiary/aromatic N) is 1. The van der Waals surface area contributed by atoms with Crippen molar-refractivity contribution in [1.82, 2.24) is 0 Å². The van der Waals surface area contributed by atoms with Crippen LogP contribution < -0.4 is 0 Å². The zero-order valence-corrected chi connectivity index (χ0v) is 9.30. The van der Waals surface area contributed by atoms with Gasteiger partial charge in [0.1, 0.15) is 5.56 Å². The van der Waals surface area contributed by atoms with Crippen molar-refractivity contribution in [2.75, 3.05) is 5.88 Å². The van der Waals surface area contributed by atoms with Gasteiger partial charge >= 0.3 is 0 Å². The minimum absolute atomic E-state index is 0.0167. The standard InChI is InChI=1S/C9H5BrClNO2/c10-8-4-3-7(2-1-5-11)9(6-8)12(13)14/h3-4,6H,5H2. The molecule has 0 aromatic heterocycles. The first-order valence-electron chi connectivity index (χ1n) is 3.64. The van der Waals surface area contributed by atoms with Crippen LogP contribution in [0.1, 0.15) is 5.56 Å². The third-order valence-electron chi connectivity index (χ3n) is 1.45. The SMILES string of the molecule is O=[N+]([O-])c1cc(Br)ccc1C#CCCl. The monoisotopic (exact) mass is 273 g/mol. The lowest BCUT2D eigenvalue weighted by molar-refractivity contribution is -0.385. The van der Waals surface area contributed by atoms with E-state index in [0.717, 1.165) is 0 Å². The molecular weight excluding hydrogens is 269 g/mol. The molecule has 0 spiro atoms. The van der Waals surface area contributed by atoms with E-state index in [4.69, 9.17) is 11.6 Å². The van der Waals surface area contributed by atoms with Gasteiger partial charge in [-0.05, 0) is 12.1 Å². The van der Waals surface area contributed by atoms with Gasteiger partial charge in [-0.3, -0.25) is 10.1 Å². The van der Waals surface area contributed by atoms with Crippen LogP contribution in [0.15, 0.2) is 22.7 Å². The number of nitro groups is 1. The number of alkyl halides is 1. The fourth-order valence-corrected chi connectivity index (χ4v) is 1.31. The zero-order valence-electron chi connectivity index (χ0n) is 6.96. The second kappa shape index (κ2) is 4.99. The second-order valence-corrected chi connectivity index (χ2v) is 3.54. The molecular formula is C9H5BrClNO2. The quantitative estimate of drug-likeness (QED) is 0.342. The van der Waals surface area contributed by atoms with Gasteiger partial charge in [0.25, 0.3) is 5.69 Å². The molecule has 0 fully saturated rings. The van der Waals surface area contributed by atoms with Crippen molar-refractivity contribution in [2.45, 2.75) is 0 Å². The van der Waals surface area contributed by atoms with Crippen LogP contribution >= 0.6 is 27.5 Å². The third kappa shape index (κ3) is 2.72. The summed E-state index contributed by atoms with van der Waals surface area (Å²) in [6.07, 6.45) is 0. The number of nitro benzene ring substituents is 1. The molecule has 0 saturated carbocycles. The summed E-state index contributed by atoms with van der Waals surface area (Å²) in [5.74, 6) is 5.36. The van der Waals surface area contributed by atoms with Crippen LogP contribution in [-0.2, 0) is 0 Å². The summed E-state index contributed by atoms with van der Waals surface area (Å²) in [6.45, 7) is 0. The Morgan fingerprint density at radius 2 is 2.29 bits per heavy atom. The number of benzene rings is 1. The molecule has 1 aromatic carbocycles. The van der Waals surface area contributed by atoms with Crippen molar-refractivity contribution in [3.05, 3.63) is 38.3 Å². The molecule has 3 nitrogen and oxygen atoms in total. The Balaban J connectivity index is 3.22. The first kappa shape index (κ1) is 11.0. The maximum atomic E-state index is 10.6. The van der Waals surface area contributed by atoms with E-state index in [1.165, 1.54) is 6.07 Å². The molecule has 72 valence electrons. The maximum absolute atomic E-state index is 10.6. The maximum Gasteiger partial charge on any atom is 0.286 e. The Bertz CT molecular complexity index is 423. The van der Waals surface area contributed by atoms with Crippen LogP contribution in [0.3, 0.4) is 0 Å². The molecule has 0 atom stereocenters. The minimum Gasteiger partial charge on any atom is -0.258 e. The predicted molar refractivity (Wildman–Crippen MR) is 58.4 cm³/mol. The Labute approximate surface area is 94.3 Å². The van der Waals surface area contributed by atoms with Crippen molar-refractivity contribution < 1.29 is 4.92 Å². The molecule has 0 amide bonds. The smallest absolute Gasteiger partial charge is 0.258 e. The van der Waals surface area contributed by atoms with E-state index in [9.17, 15) is 10.1 Å². The number of hydrogen-bond donors (Lipinski definition) is 0. The summed E-state index contributed by atoms with van der Waals surface area (Å²) in [5, 5.41) is 10.6. The zero-order chi connectivity index (χ0) is 10.6. The average Bonchev–Trinajstić information content (AvgIpc) is 2.15. The third-order valence-corrected chi connectivity index (χ3v) is 2.07. The number of rotatable bonds is 1. The van der Waals surface area contributed by atoms with E-state index in [1.807, 2.05) is 0 Å². The van der Waals surface area contributed by atoms with E-state index in [1.54, 1.807) is 12.1 Å². The van der Waals surface area contributed by atoms with Gasteiger partial charge in [0.2, 0.25) is 0 Å². The predicted octanol–water partition coefficient (Wildman–Crippen LogP) is 2.95. The van der Waals surface area contributed by atoms with E-state index >= 15 is 0 Å². The summed E-state index contributed by atoms with van der Waals surface area (Å²) in [6, 6.07) is 4.70. The molecule has 0 aliphatic rings. The molecule has 0 unspecified atom stereocenters. The molecule has 1 rings (SSSR count). The highest BCUT2D eigenvalue weighted by atomic mass is 79.9. The normalized spacial score (nSPS) is 9.00. The Morgan fingerprint density at radius 3 is 2.86 bits per heavy atom. The van der Waals surface area contributed by atoms with Crippen LogP contribution in [0, 0.1) is 22.0 Å². The highest BCUT2D eigenvalue weighted by Gasteiger charge is 2.11. The molecule has 0 heterocycles. The highest BCUT2D eigenvalue weighted by molar-refractivity contribution is 9.10. The van der Waals surface area contributed by atoms with Crippen LogP contribution in [0.4, 0.5) is 5.69 Å². The van der Waals surface area contributed by atoms with E-state index in [-0.39, 0.29) is 11.6 Å². The van der Waals surface area contributed by atoms with Gasteiger partial charge in [-0.25, -0.2) is 0 Å². The van der Waals surface area contributed by atoms with Crippen molar-refractivity contribution in [3.8, 4) is 11.8 Å². The van der Waals surface area contributed by atoms with Gasteiger partial charge in [-0.2, -0.15) is 0 Å². The molecule has 0 N–H and O–H groups in total. The molecule has 14 heavy (non-hydrogen) atoms. The summed E-state index contributed by atoms with van der Waals surface area (Å²) in [7, 11) is 0. The fraction of sp³-hybridized carbons (Fsp3) is 0.111. The van der Waals surface area contributed by atoms with Crippen LogP contribution in [-0.4, -0.2) is 10.8 Å². The average molecular weight is 275 g/mol. The summed E-state index contributed by atoms with van der Waals surface area (Å²) < 4.78 is 0.653. The second-order valence-electron chi connectivity index (χ2n) is 2.35. The molecule has 0 saturated heterocycles. The lowest BCUT2D eigenvalue weighted by Gasteiger charge is -1.95. The van der Waals surface area contributed by atoms with Gasteiger partial charge in [0.15, 0.2) is 0 Å². The largest absolute Gasteiger partial charge is 0.286 e. The van der Waals surface area contributed by atoms with Crippen LogP contribution in [0.25, 0.3) is 0 Å². The Hall–Kier alpha value is -1.05. The summed E-state index contributed by atoms with van der Waals surface area (Å²) >= 11 is 8.52. The van der Waals surface area contributed by atoms with Crippen LogP contribution in [0.5, 0.6) is 0 Å². The lowest BCUT2D eigenvalue weighted by atomic mass is 10.2. The Morgan fingerprint density at radius 1 is 1.57 bits per heavy atom. The molecule has 0 aliphatic heterocycles. The van der Waals surface area contributed by atoms with Gasteiger partial charge in [0, 0.05) is 10.5 Å². The Kier molecular flexibility index (Phi) is 3.93. The van der Waals surface area contributed by atoms with Crippen molar-refractivity contribution >= 4 is 33.2 Å². The number of halogens is 2. The van der Waals surface area contributed by atoms with Crippen molar-refractivity contribution in [1.29, 1.82) is 0 Å². The van der Waals surface area contributed by atoms with Gasteiger partial charge in [-0.15, -0.1) is 11.6 Å². The lowest BCUT2D eigenvalue weighted by Crippen LogP contribution is -1.91. The van der Waals surface area contributed by atoms with E-state index < -0.39 is 4.92 Å². The first-order valence-corrected chi connectivity index (χ1v) is 4.96. The minimum atomic E-state index is -0.469. The van der Waals surface area contributed by atoms with Crippen molar-refractivity contribution in [2.24, 2.45) is 0 Å². The number of hydrogen-bond acceptors (Lipinski definition) is 2. The topological polar surface area (TPSA) is 43.1 Å². The fourth-order valence-electron chi connectivity index (χ4n) is 0.890. The molecule has 0 aliphatic carbocycles. The van der Waals surface area contributed by atoms with Crippen LogP contribution in [0.2, 0.25) is 0 Å². The molecule has 5 heteroatoms. The van der Waals surface area contributed by atoms with Gasteiger partial charge < -0.3 is 0 Å². The van der Waals surface area contributed by atoms with E-state index in [0.29, 0.717) is 10.0 Å². The highest BCUT2D eigenvalue weighted by Crippen LogP contribution is 2.22. The molecule has 0 bridgehead atoms. The van der Waals surface area contributed by atoms with Gasteiger partial charge in [-0.1, -0.05) is 27.8 Å². The van der Waals surface area contributed by atoms with Gasteiger partial charge in [0.05, 0.1) is 10.8 Å². The van der Waals surface area contributed by atoms with Crippen molar-refractivity contribution in [3.63, 3.8) is 0 Å². The summed E-state index contributed by atoms with van der Waals surface area (Å²) in [5.41, 5.74) is 0.357. The molecule has 1 aromatic rings. The summed E-state index contributed by atoms with van der Waals surface area (Å²) in [4.78, 5) is 10.2. The first-order chi connectivity index (χ1) is 6.65. The van der Waals surface area contributed by atoms with E-state index in [2.05, 4.69) is 27.8 Å². The molecule has 0 radical (unpaired) electrons.